The lowest BCUT2D eigenvalue weighted by molar-refractivity contribution is -0.160. The summed E-state index contributed by atoms with van der Waals surface area (Å²) in [5, 5.41) is 0. The molecule has 0 aromatic carbocycles. The van der Waals surface area contributed by atoms with Gasteiger partial charge in [-0.25, -0.2) is 0 Å². The van der Waals surface area contributed by atoms with Gasteiger partial charge in [0.2, 0.25) is 0 Å². The van der Waals surface area contributed by atoms with E-state index in [0.29, 0.717) is 0 Å². The van der Waals surface area contributed by atoms with Crippen LogP contribution in [0.5, 0.6) is 0 Å². The summed E-state index contributed by atoms with van der Waals surface area (Å²) in [6.45, 7) is 21.0. The van der Waals surface area contributed by atoms with Gasteiger partial charge in [0.1, 0.15) is 0 Å². The summed E-state index contributed by atoms with van der Waals surface area (Å²) in [6.07, 6.45) is 30.3. The van der Waals surface area contributed by atoms with Crippen LogP contribution in [0.15, 0.2) is 0 Å². The van der Waals surface area contributed by atoms with Crippen LogP contribution >= 0.6 is 0 Å². The standard InChI is InChI=1S/C48H84N2/c1-29-9-17-39(18-10-29)49(47-33(5)25-31(3)26-34(47)6)43-23-15-37-14-22-42-44(24-16-38-13-21-41(43)45(37)46(38)42)50(40-19-11-30(2)12-20-40)48-35(7)27-32(4)28-36(48)8/h29-48H,9-28H2,1-8H3. The van der Waals surface area contributed by atoms with Crippen molar-refractivity contribution in [2.75, 3.05) is 0 Å². The predicted octanol–water partition coefficient (Wildman–Crippen LogP) is 12.5. The fourth-order valence-electron chi connectivity index (χ4n) is 17.1. The van der Waals surface area contributed by atoms with Gasteiger partial charge in [0.05, 0.1) is 0 Å². The van der Waals surface area contributed by atoms with Crippen molar-refractivity contribution in [1.29, 1.82) is 0 Å². The van der Waals surface area contributed by atoms with Crippen molar-refractivity contribution >= 4 is 0 Å². The Balaban J connectivity index is 1.11. The van der Waals surface area contributed by atoms with E-state index in [1.807, 2.05) is 0 Å². The first-order valence-electron chi connectivity index (χ1n) is 23.6. The zero-order chi connectivity index (χ0) is 34.8. The van der Waals surface area contributed by atoms with E-state index in [1.54, 1.807) is 38.5 Å². The van der Waals surface area contributed by atoms with Crippen LogP contribution in [0.25, 0.3) is 0 Å². The molecule has 0 saturated heterocycles. The summed E-state index contributed by atoms with van der Waals surface area (Å²) in [4.78, 5) is 6.81. The zero-order valence-electron chi connectivity index (χ0n) is 34.6. The first-order chi connectivity index (χ1) is 24.1. The molecule has 50 heavy (non-hydrogen) atoms. The largest absolute Gasteiger partial charge is 0.294 e. The summed E-state index contributed by atoms with van der Waals surface area (Å²) < 4.78 is 0. The summed E-state index contributed by atoms with van der Waals surface area (Å²) in [6, 6.07) is 5.18. The Labute approximate surface area is 311 Å². The smallest absolute Gasteiger partial charge is 0.0153 e. The maximum absolute atomic E-state index is 3.40. The predicted molar refractivity (Wildman–Crippen MR) is 213 cm³/mol. The average Bonchev–Trinajstić information content (AvgIpc) is 3.08. The Hall–Kier alpha value is -0.0800. The van der Waals surface area contributed by atoms with Crippen LogP contribution < -0.4 is 0 Å². The van der Waals surface area contributed by atoms with Gasteiger partial charge in [-0.2, -0.15) is 0 Å². The summed E-state index contributed by atoms with van der Waals surface area (Å²) in [5.74, 6) is 13.4. The molecule has 0 N–H and O–H groups in total. The molecule has 12 atom stereocenters. The molecule has 8 fully saturated rings. The fraction of sp³-hybridized carbons (Fsp3) is 1.00. The van der Waals surface area contributed by atoms with Gasteiger partial charge in [-0.05, 0) is 211 Å². The molecule has 2 heteroatoms. The van der Waals surface area contributed by atoms with Crippen LogP contribution in [0.4, 0.5) is 0 Å². The highest BCUT2D eigenvalue weighted by Crippen LogP contribution is 2.62. The summed E-state index contributed by atoms with van der Waals surface area (Å²) in [7, 11) is 0. The SMILES string of the molecule is CC1CCC(N(C2CCC3CCC4C5C(CCC2C35)CCC4N(C2CCC(C)CC2)C2C(C)CC(C)CC2C)C2C(C)CC(C)CC2C)CC1. The fourth-order valence-corrected chi connectivity index (χ4v) is 17.1. The van der Waals surface area contributed by atoms with Crippen molar-refractivity contribution < 1.29 is 0 Å². The Kier molecular flexibility index (Phi) is 11.2. The lowest BCUT2D eigenvalue weighted by Gasteiger charge is -2.65. The van der Waals surface area contributed by atoms with Crippen LogP contribution in [0.2, 0.25) is 0 Å². The summed E-state index contributed by atoms with van der Waals surface area (Å²) >= 11 is 0. The second-order valence-electron chi connectivity index (χ2n) is 22.2. The van der Waals surface area contributed by atoms with Gasteiger partial charge in [-0.3, -0.25) is 9.80 Å². The number of nitrogens with zero attached hydrogens (tertiary/aromatic N) is 2. The molecule has 0 aromatic heterocycles. The molecular formula is C48H84N2. The Bertz CT molecular complexity index is 991. The highest BCUT2D eigenvalue weighted by Gasteiger charge is 2.59. The van der Waals surface area contributed by atoms with Crippen LogP contribution in [0.1, 0.15) is 184 Å². The van der Waals surface area contributed by atoms with Gasteiger partial charge in [-0.1, -0.05) is 55.4 Å². The quantitative estimate of drug-likeness (QED) is 0.274. The molecule has 8 saturated carbocycles. The Morgan fingerprint density at radius 2 is 0.640 bits per heavy atom. The first-order valence-corrected chi connectivity index (χ1v) is 23.6. The monoisotopic (exact) mass is 689 g/mol. The van der Waals surface area contributed by atoms with Crippen LogP contribution in [-0.4, -0.2) is 46.1 Å². The number of rotatable bonds is 6. The van der Waals surface area contributed by atoms with Gasteiger partial charge in [-0.15, -0.1) is 0 Å². The third kappa shape index (κ3) is 6.87. The maximum atomic E-state index is 3.40. The minimum atomic E-state index is 0.836. The number of hydrogen-bond donors (Lipinski definition) is 0. The van der Waals surface area contributed by atoms with Crippen molar-refractivity contribution in [3.8, 4) is 0 Å². The van der Waals surface area contributed by atoms with Gasteiger partial charge >= 0.3 is 0 Å². The van der Waals surface area contributed by atoms with Crippen molar-refractivity contribution in [3.63, 3.8) is 0 Å². The molecule has 0 bridgehead atoms. The molecule has 0 aromatic rings. The van der Waals surface area contributed by atoms with E-state index >= 15 is 0 Å². The van der Waals surface area contributed by atoms with Gasteiger partial charge in [0.25, 0.3) is 0 Å². The third-order valence-corrected chi connectivity index (χ3v) is 18.6. The van der Waals surface area contributed by atoms with E-state index in [-0.39, 0.29) is 0 Å². The van der Waals surface area contributed by atoms with Crippen molar-refractivity contribution in [2.24, 2.45) is 82.9 Å². The minimum Gasteiger partial charge on any atom is -0.294 e. The first kappa shape index (κ1) is 36.9. The van der Waals surface area contributed by atoms with Gasteiger partial charge in [0.15, 0.2) is 0 Å². The molecule has 12 unspecified atom stereocenters. The van der Waals surface area contributed by atoms with E-state index in [1.165, 1.54) is 89.9 Å². The van der Waals surface area contributed by atoms with E-state index in [9.17, 15) is 0 Å². The number of hydrogen-bond acceptors (Lipinski definition) is 2. The molecule has 2 nitrogen and oxygen atoms in total. The van der Waals surface area contributed by atoms with Crippen LogP contribution in [0, 0.1) is 82.9 Å². The van der Waals surface area contributed by atoms with Gasteiger partial charge in [0, 0.05) is 36.3 Å². The third-order valence-electron chi connectivity index (χ3n) is 18.6. The maximum Gasteiger partial charge on any atom is 0.0153 e. The Morgan fingerprint density at radius 3 is 0.980 bits per heavy atom. The van der Waals surface area contributed by atoms with Crippen molar-refractivity contribution in [1.82, 2.24) is 9.80 Å². The molecule has 0 spiro atoms. The van der Waals surface area contributed by atoms with E-state index in [4.69, 9.17) is 0 Å². The molecule has 0 aliphatic heterocycles. The van der Waals surface area contributed by atoms with Crippen LogP contribution in [-0.2, 0) is 0 Å². The summed E-state index contributed by atoms with van der Waals surface area (Å²) in [5.41, 5.74) is 0. The van der Waals surface area contributed by atoms with Crippen molar-refractivity contribution in [2.45, 2.75) is 220 Å². The molecule has 8 rings (SSSR count). The molecule has 8 aliphatic rings. The lowest BCUT2D eigenvalue weighted by atomic mass is 9.46. The zero-order valence-corrected chi connectivity index (χ0v) is 34.6. The molecule has 286 valence electrons. The second kappa shape index (κ2) is 15.2. The van der Waals surface area contributed by atoms with Gasteiger partial charge < -0.3 is 0 Å². The molecule has 0 amide bonds. The highest BCUT2D eigenvalue weighted by molar-refractivity contribution is 5.10. The van der Waals surface area contributed by atoms with Crippen LogP contribution in [0.3, 0.4) is 0 Å². The average molecular weight is 689 g/mol. The lowest BCUT2D eigenvalue weighted by Crippen LogP contribution is -2.66. The molecule has 0 radical (unpaired) electrons. The van der Waals surface area contributed by atoms with Crippen molar-refractivity contribution in [3.05, 3.63) is 0 Å². The topological polar surface area (TPSA) is 6.48 Å². The normalized spacial score (nSPS) is 54.4. The Morgan fingerprint density at radius 1 is 0.320 bits per heavy atom. The molecular weight excluding hydrogens is 605 g/mol. The molecule has 8 aliphatic carbocycles. The second-order valence-corrected chi connectivity index (χ2v) is 22.2. The molecule has 0 heterocycles. The van der Waals surface area contributed by atoms with E-state index in [0.717, 1.165) is 119 Å². The minimum absolute atomic E-state index is 0.836. The van der Waals surface area contributed by atoms with E-state index < -0.39 is 0 Å². The van der Waals surface area contributed by atoms with E-state index in [2.05, 4.69) is 65.2 Å². The highest BCUT2D eigenvalue weighted by atomic mass is 15.2.